The molecule has 0 saturated heterocycles. The number of methoxy groups -OCH3 is 1. The molecule has 1 aromatic heterocycles. The van der Waals surface area contributed by atoms with Gasteiger partial charge in [0.1, 0.15) is 5.15 Å². The molecule has 2 aromatic carbocycles. The molecule has 0 aliphatic heterocycles. The Morgan fingerprint density at radius 1 is 1.20 bits per heavy atom. The number of carbonyl (C=O) groups is 1. The molecule has 0 spiro atoms. The number of rotatable bonds is 4. The van der Waals surface area contributed by atoms with Gasteiger partial charge in [-0.05, 0) is 48.4 Å². The first kappa shape index (κ1) is 17.0. The van der Waals surface area contributed by atoms with E-state index in [4.69, 9.17) is 16.3 Å². The van der Waals surface area contributed by atoms with Gasteiger partial charge in [0.15, 0.2) is 17.3 Å². The van der Waals surface area contributed by atoms with Crippen LogP contribution in [0.1, 0.15) is 22.8 Å². The molecule has 3 aromatic rings. The van der Waals surface area contributed by atoms with Crippen LogP contribution in [0.2, 0.25) is 5.15 Å². The van der Waals surface area contributed by atoms with Crippen molar-refractivity contribution in [3.63, 3.8) is 0 Å². The van der Waals surface area contributed by atoms with Gasteiger partial charge < -0.3 is 9.84 Å². The Kier molecular flexibility index (Phi) is 4.72. The zero-order valence-electron chi connectivity index (χ0n) is 13.8. The highest BCUT2D eigenvalue weighted by Crippen LogP contribution is 2.28. The normalized spacial score (nSPS) is 11.6. The lowest BCUT2D eigenvalue weighted by Crippen LogP contribution is -2.03. The number of pyridine rings is 1. The number of nitrogens with zero attached hydrogens (tertiary/aromatic N) is 1. The number of Topliss-reactive ketones (excluding diaryl/α,β-unsaturated/α-hetero) is 1. The number of para-hydroxylation sites is 1. The second-order valence-corrected chi connectivity index (χ2v) is 5.98. The van der Waals surface area contributed by atoms with Crippen molar-refractivity contribution in [3.05, 3.63) is 70.4 Å². The lowest BCUT2D eigenvalue weighted by Gasteiger charge is -2.08. The Morgan fingerprint density at radius 2 is 1.96 bits per heavy atom. The van der Waals surface area contributed by atoms with Gasteiger partial charge in [-0.1, -0.05) is 35.9 Å². The van der Waals surface area contributed by atoms with Crippen LogP contribution < -0.4 is 4.74 Å². The van der Waals surface area contributed by atoms with Gasteiger partial charge in [0, 0.05) is 10.9 Å². The number of phenols is 1. The zero-order chi connectivity index (χ0) is 18.0. The van der Waals surface area contributed by atoms with Crippen LogP contribution in [0.4, 0.5) is 0 Å². The highest BCUT2D eigenvalue weighted by atomic mass is 35.5. The number of ether oxygens (including phenoxy) is 1. The number of allylic oxidation sites excluding steroid dienone is 1. The van der Waals surface area contributed by atoms with E-state index in [0.717, 1.165) is 5.39 Å². The third-order valence-corrected chi connectivity index (χ3v) is 4.07. The molecule has 4 nitrogen and oxygen atoms in total. The second kappa shape index (κ2) is 6.95. The number of halogens is 1. The van der Waals surface area contributed by atoms with Gasteiger partial charge in [0.25, 0.3) is 0 Å². The first-order valence-electron chi connectivity index (χ1n) is 7.65. The minimum atomic E-state index is -0.143. The fourth-order valence-corrected chi connectivity index (χ4v) is 2.86. The molecule has 0 saturated carbocycles. The van der Waals surface area contributed by atoms with Crippen molar-refractivity contribution in [2.24, 2.45) is 0 Å². The van der Waals surface area contributed by atoms with Crippen molar-refractivity contribution in [3.8, 4) is 11.5 Å². The summed E-state index contributed by atoms with van der Waals surface area (Å²) in [6, 6.07) is 13.9. The van der Waals surface area contributed by atoms with Gasteiger partial charge >= 0.3 is 0 Å². The van der Waals surface area contributed by atoms with Crippen molar-refractivity contribution in [2.75, 3.05) is 7.11 Å². The third-order valence-electron chi connectivity index (χ3n) is 3.87. The topological polar surface area (TPSA) is 59.4 Å². The molecule has 0 amide bonds. The SMILES string of the molecule is COc1ccc(/C=C(\C)C(=O)c2cc(Cl)nc3ccccc23)cc1O. The molecule has 0 aliphatic carbocycles. The number of carbonyl (C=O) groups excluding carboxylic acids is 1. The van der Waals surface area contributed by atoms with Crippen LogP contribution >= 0.6 is 11.6 Å². The maximum absolute atomic E-state index is 12.9. The van der Waals surface area contributed by atoms with Crippen LogP contribution in [-0.4, -0.2) is 23.0 Å². The van der Waals surface area contributed by atoms with Crippen LogP contribution in [0.5, 0.6) is 11.5 Å². The fraction of sp³-hybridized carbons (Fsp3) is 0.100. The standard InChI is InChI=1S/C20H16ClNO3/c1-12(9-13-7-8-18(25-2)17(23)10-13)20(24)15-11-19(21)22-16-6-4-3-5-14(15)16/h3-11,23H,1-2H3/b12-9+. The molecule has 0 fully saturated rings. The van der Waals surface area contributed by atoms with E-state index in [-0.39, 0.29) is 16.7 Å². The van der Waals surface area contributed by atoms with E-state index in [2.05, 4.69) is 4.98 Å². The lowest BCUT2D eigenvalue weighted by molar-refractivity contribution is 0.103. The van der Waals surface area contributed by atoms with Crippen molar-refractivity contribution >= 4 is 34.4 Å². The molecule has 0 aliphatic rings. The molecule has 25 heavy (non-hydrogen) atoms. The van der Waals surface area contributed by atoms with E-state index in [1.54, 1.807) is 37.3 Å². The summed E-state index contributed by atoms with van der Waals surface area (Å²) in [5.41, 5.74) is 2.40. The van der Waals surface area contributed by atoms with E-state index >= 15 is 0 Å². The average Bonchev–Trinajstić information content (AvgIpc) is 2.60. The largest absolute Gasteiger partial charge is 0.504 e. The monoisotopic (exact) mass is 353 g/mol. The molecule has 3 rings (SSSR count). The van der Waals surface area contributed by atoms with Gasteiger partial charge in [0.2, 0.25) is 0 Å². The highest BCUT2D eigenvalue weighted by molar-refractivity contribution is 6.31. The molecule has 126 valence electrons. The summed E-state index contributed by atoms with van der Waals surface area (Å²) in [7, 11) is 1.48. The van der Waals surface area contributed by atoms with Gasteiger partial charge in [-0.25, -0.2) is 4.98 Å². The molecule has 0 radical (unpaired) electrons. The molecule has 5 heteroatoms. The molecule has 0 unspecified atom stereocenters. The summed E-state index contributed by atoms with van der Waals surface area (Å²) in [5, 5.41) is 10.9. The van der Waals surface area contributed by atoms with Crippen molar-refractivity contribution < 1.29 is 14.6 Å². The molecule has 1 N–H and O–H groups in total. The molecule has 0 atom stereocenters. The Hall–Kier alpha value is -2.85. The van der Waals surface area contributed by atoms with Crippen LogP contribution in [0.15, 0.2) is 54.1 Å². The Morgan fingerprint density at radius 3 is 2.68 bits per heavy atom. The van der Waals surface area contributed by atoms with Crippen molar-refractivity contribution in [1.82, 2.24) is 4.98 Å². The number of aromatic nitrogens is 1. The predicted molar refractivity (Wildman–Crippen MR) is 99.4 cm³/mol. The summed E-state index contributed by atoms with van der Waals surface area (Å²) >= 11 is 6.06. The quantitative estimate of drug-likeness (QED) is 0.412. The lowest BCUT2D eigenvalue weighted by atomic mass is 9.99. The number of ketones is 1. The summed E-state index contributed by atoms with van der Waals surface area (Å²) in [5.74, 6) is 0.262. The number of fused-ring (bicyclic) bond motifs is 1. The third kappa shape index (κ3) is 3.49. The maximum Gasteiger partial charge on any atom is 0.189 e. The Labute approximate surface area is 150 Å². The first-order chi connectivity index (χ1) is 12.0. The molecule has 1 heterocycles. The highest BCUT2D eigenvalue weighted by Gasteiger charge is 2.14. The van der Waals surface area contributed by atoms with Crippen LogP contribution in [-0.2, 0) is 0 Å². The number of benzene rings is 2. The second-order valence-electron chi connectivity index (χ2n) is 5.60. The molecule has 0 bridgehead atoms. The van der Waals surface area contributed by atoms with Gasteiger partial charge in [-0.3, -0.25) is 4.79 Å². The van der Waals surface area contributed by atoms with E-state index in [1.165, 1.54) is 7.11 Å². The van der Waals surface area contributed by atoms with E-state index in [1.807, 2.05) is 24.3 Å². The number of hydrogen-bond acceptors (Lipinski definition) is 4. The van der Waals surface area contributed by atoms with Crippen LogP contribution in [0.3, 0.4) is 0 Å². The molecular formula is C20H16ClNO3. The van der Waals surface area contributed by atoms with Gasteiger partial charge in [0.05, 0.1) is 12.6 Å². The first-order valence-corrected chi connectivity index (χ1v) is 8.02. The fourth-order valence-electron chi connectivity index (χ4n) is 2.66. The number of hydrogen-bond donors (Lipinski definition) is 1. The van der Waals surface area contributed by atoms with Crippen molar-refractivity contribution in [2.45, 2.75) is 6.92 Å². The van der Waals surface area contributed by atoms with Crippen molar-refractivity contribution in [1.29, 1.82) is 0 Å². The van der Waals surface area contributed by atoms with Crippen LogP contribution in [0, 0.1) is 0 Å². The summed E-state index contributed by atoms with van der Waals surface area (Å²) in [4.78, 5) is 17.1. The van der Waals surface area contributed by atoms with Gasteiger partial charge in [-0.2, -0.15) is 0 Å². The number of phenolic OH excluding ortho intramolecular Hbond substituents is 1. The summed E-state index contributed by atoms with van der Waals surface area (Å²) in [6.45, 7) is 1.73. The Bertz CT molecular complexity index is 995. The minimum Gasteiger partial charge on any atom is -0.504 e. The summed E-state index contributed by atoms with van der Waals surface area (Å²) in [6.07, 6.45) is 1.71. The Balaban J connectivity index is 2.02. The maximum atomic E-state index is 12.9. The van der Waals surface area contributed by atoms with E-state index in [9.17, 15) is 9.90 Å². The number of aromatic hydroxyl groups is 1. The average molecular weight is 354 g/mol. The predicted octanol–water partition coefficient (Wildman–Crippen LogP) is 4.89. The smallest absolute Gasteiger partial charge is 0.189 e. The summed E-state index contributed by atoms with van der Waals surface area (Å²) < 4.78 is 5.02. The van der Waals surface area contributed by atoms with E-state index in [0.29, 0.717) is 28.0 Å². The van der Waals surface area contributed by atoms with Gasteiger partial charge in [-0.15, -0.1) is 0 Å². The minimum absolute atomic E-state index is 0.0221. The zero-order valence-corrected chi connectivity index (χ0v) is 14.5. The molecular weight excluding hydrogens is 338 g/mol. The van der Waals surface area contributed by atoms with E-state index < -0.39 is 0 Å². The van der Waals surface area contributed by atoms with Crippen LogP contribution in [0.25, 0.3) is 17.0 Å².